The van der Waals surface area contributed by atoms with Gasteiger partial charge in [-0.2, -0.15) is 0 Å². The smallest absolute Gasteiger partial charge is 0.255 e. The summed E-state index contributed by atoms with van der Waals surface area (Å²) in [6.45, 7) is 4.13. The van der Waals surface area contributed by atoms with Gasteiger partial charge >= 0.3 is 0 Å². The molecule has 1 N–H and O–H groups in total. The molecule has 2 rings (SSSR count). The van der Waals surface area contributed by atoms with Crippen LogP contribution < -0.4 is 5.32 Å². The number of hydrogen-bond donors (Lipinski definition) is 1. The summed E-state index contributed by atoms with van der Waals surface area (Å²) in [5, 5.41) is 3.51. The number of anilines is 1. The van der Waals surface area contributed by atoms with Crippen LogP contribution >= 0.6 is 11.3 Å². The highest BCUT2D eigenvalue weighted by Gasteiger charge is 2.28. The lowest BCUT2D eigenvalue weighted by molar-refractivity contribution is -0.126. The molecule has 5 heteroatoms. The molecule has 0 aromatic carbocycles. The maximum Gasteiger partial charge on any atom is 0.255 e. The van der Waals surface area contributed by atoms with Gasteiger partial charge in [0.25, 0.3) is 5.91 Å². The lowest BCUT2D eigenvalue weighted by atomic mass is 10.2. The van der Waals surface area contributed by atoms with Crippen LogP contribution in [0.5, 0.6) is 0 Å². The summed E-state index contributed by atoms with van der Waals surface area (Å²) in [7, 11) is 0. The van der Waals surface area contributed by atoms with Gasteiger partial charge in [0.15, 0.2) is 5.13 Å². The minimum absolute atomic E-state index is 0.0632. The lowest BCUT2D eigenvalue weighted by Crippen LogP contribution is -2.27. The van der Waals surface area contributed by atoms with Crippen LogP contribution in [-0.4, -0.2) is 23.1 Å². The fourth-order valence-corrected chi connectivity index (χ4v) is 2.83. The number of hydrogen-bond acceptors (Lipinski definition) is 4. The molecule has 1 saturated heterocycles. The third-order valence-electron chi connectivity index (χ3n) is 2.80. The molecule has 4 nitrogen and oxygen atoms in total. The van der Waals surface area contributed by atoms with Crippen molar-refractivity contribution >= 4 is 22.4 Å². The maximum atomic E-state index is 11.9. The van der Waals surface area contributed by atoms with E-state index in [2.05, 4.69) is 17.2 Å². The average Bonchev–Trinajstić information content (AvgIpc) is 2.88. The Bertz CT molecular complexity index is 392. The van der Waals surface area contributed by atoms with Gasteiger partial charge in [0.05, 0.1) is 6.10 Å². The third-order valence-corrected chi connectivity index (χ3v) is 3.78. The van der Waals surface area contributed by atoms with Crippen molar-refractivity contribution in [3.63, 3.8) is 0 Å². The van der Waals surface area contributed by atoms with Gasteiger partial charge < -0.3 is 4.74 Å². The zero-order chi connectivity index (χ0) is 12.3. The Kier molecular flexibility index (Phi) is 4.12. The molecule has 0 unspecified atom stereocenters. The molecular weight excluding hydrogens is 236 g/mol. The quantitative estimate of drug-likeness (QED) is 0.898. The second-order valence-electron chi connectivity index (χ2n) is 4.38. The van der Waals surface area contributed by atoms with Gasteiger partial charge in [0, 0.05) is 11.1 Å². The molecular formula is C12H18N2O2S. The van der Waals surface area contributed by atoms with Gasteiger partial charge in [0.1, 0.15) is 6.10 Å². The summed E-state index contributed by atoms with van der Waals surface area (Å²) in [6.07, 6.45) is 5.60. The van der Waals surface area contributed by atoms with Gasteiger partial charge in [-0.25, -0.2) is 4.98 Å². The Hall–Kier alpha value is -0.940. The van der Waals surface area contributed by atoms with E-state index in [1.54, 1.807) is 11.3 Å². The Morgan fingerprint density at radius 1 is 1.65 bits per heavy atom. The second kappa shape index (κ2) is 5.60. The average molecular weight is 254 g/mol. The van der Waals surface area contributed by atoms with Crippen molar-refractivity contribution in [1.29, 1.82) is 0 Å². The van der Waals surface area contributed by atoms with E-state index >= 15 is 0 Å². The molecule has 0 radical (unpaired) electrons. The molecule has 0 bridgehead atoms. The maximum absolute atomic E-state index is 11.9. The van der Waals surface area contributed by atoms with Gasteiger partial charge in [-0.15, -0.1) is 11.3 Å². The minimum Gasteiger partial charge on any atom is -0.365 e. The fraction of sp³-hybridized carbons (Fsp3) is 0.667. The monoisotopic (exact) mass is 254 g/mol. The highest BCUT2D eigenvalue weighted by Crippen LogP contribution is 2.23. The molecule has 94 valence electrons. The molecule has 2 atom stereocenters. The van der Waals surface area contributed by atoms with Crippen molar-refractivity contribution in [3.05, 3.63) is 11.1 Å². The van der Waals surface area contributed by atoms with Gasteiger partial charge in [-0.1, -0.05) is 13.3 Å². The molecule has 1 aromatic heterocycles. The van der Waals surface area contributed by atoms with Crippen molar-refractivity contribution in [2.75, 3.05) is 5.32 Å². The topological polar surface area (TPSA) is 51.2 Å². The normalized spacial score (nSPS) is 23.9. The van der Waals surface area contributed by atoms with Crippen LogP contribution in [0.4, 0.5) is 5.13 Å². The fourth-order valence-electron chi connectivity index (χ4n) is 1.91. The highest BCUT2D eigenvalue weighted by molar-refractivity contribution is 7.15. The zero-order valence-corrected chi connectivity index (χ0v) is 11.0. The number of nitrogens with one attached hydrogen (secondary N) is 1. The first kappa shape index (κ1) is 12.5. The highest BCUT2D eigenvalue weighted by atomic mass is 32.1. The van der Waals surface area contributed by atoms with Gasteiger partial charge in [-0.3, -0.25) is 10.1 Å². The van der Waals surface area contributed by atoms with E-state index in [4.69, 9.17) is 4.74 Å². The van der Waals surface area contributed by atoms with Gasteiger partial charge in [-0.05, 0) is 26.2 Å². The van der Waals surface area contributed by atoms with E-state index in [0.717, 1.165) is 25.7 Å². The molecule has 1 fully saturated rings. The van der Waals surface area contributed by atoms with Crippen molar-refractivity contribution in [2.45, 2.75) is 51.7 Å². The van der Waals surface area contributed by atoms with Crippen LogP contribution in [0.15, 0.2) is 6.20 Å². The predicted octanol–water partition coefficient (Wildman–Crippen LogP) is 2.60. The zero-order valence-electron chi connectivity index (χ0n) is 10.2. The van der Waals surface area contributed by atoms with E-state index in [-0.39, 0.29) is 18.1 Å². The molecule has 0 aliphatic carbocycles. The van der Waals surface area contributed by atoms with E-state index in [0.29, 0.717) is 5.13 Å². The minimum atomic E-state index is -0.302. The molecule has 0 saturated carbocycles. The Balaban J connectivity index is 1.89. The number of nitrogens with zero attached hydrogens (tertiary/aromatic N) is 1. The van der Waals surface area contributed by atoms with Crippen molar-refractivity contribution in [2.24, 2.45) is 0 Å². The Morgan fingerprint density at radius 2 is 2.47 bits per heavy atom. The van der Waals surface area contributed by atoms with Crippen LogP contribution in [0.1, 0.15) is 38.0 Å². The molecule has 1 amide bonds. The van der Waals surface area contributed by atoms with E-state index < -0.39 is 0 Å². The molecule has 1 aliphatic heterocycles. The number of carbonyl (C=O) groups is 1. The van der Waals surface area contributed by atoms with E-state index in [9.17, 15) is 4.79 Å². The summed E-state index contributed by atoms with van der Waals surface area (Å²) < 4.78 is 5.51. The summed E-state index contributed by atoms with van der Waals surface area (Å²) >= 11 is 1.55. The summed E-state index contributed by atoms with van der Waals surface area (Å²) in [6, 6.07) is 0. The van der Waals surface area contributed by atoms with Crippen LogP contribution in [0, 0.1) is 0 Å². The number of thiazole rings is 1. The number of carbonyl (C=O) groups excluding carboxylic acids is 1. The molecule has 1 aliphatic rings. The second-order valence-corrected chi connectivity index (χ2v) is 5.50. The molecule has 0 spiro atoms. The van der Waals surface area contributed by atoms with Crippen LogP contribution in [0.2, 0.25) is 0 Å². The number of aryl methyl sites for hydroxylation is 1. The first-order chi connectivity index (χ1) is 8.19. The van der Waals surface area contributed by atoms with Gasteiger partial charge in [0.2, 0.25) is 0 Å². The molecule has 17 heavy (non-hydrogen) atoms. The summed E-state index contributed by atoms with van der Waals surface area (Å²) in [5.74, 6) is -0.0632. The Morgan fingerprint density at radius 3 is 3.12 bits per heavy atom. The first-order valence-corrected chi connectivity index (χ1v) is 6.91. The van der Waals surface area contributed by atoms with Crippen molar-refractivity contribution in [3.8, 4) is 0 Å². The van der Waals surface area contributed by atoms with Crippen LogP contribution in [-0.2, 0) is 16.0 Å². The van der Waals surface area contributed by atoms with Crippen LogP contribution in [0.25, 0.3) is 0 Å². The standard InChI is InChI=1S/C12H18N2O2S/c1-3-4-9-7-13-12(17-9)14-11(15)10-6-5-8(2)16-10/h7-8,10H,3-6H2,1-2H3,(H,13,14,15)/t8-,10-/m0/s1. The van der Waals surface area contributed by atoms with Crippen LogP contribution in [0.3, 0.4) is 0 Å². The number of rotatable bonds is 4. The third kappa shape index (κ3) is 3.26. The number of amides is 1. The number of ether oxygens (including phenoxy) is 1. The van der Waals surface area contributed by atoms with E-state index in [1.807, 2.05) is 13.1 Å². The SMILES string of the molecule is CCCc1cnc(NC(=O)[C@@H]2CC[C@H](C)O2)s1. The first-order valence-electron chi connectivity index (χ1n) is 6.10. The van der Waals surface area contributed by atoms with Crippen molar-refractivity contribution in [1.82, 2.24) is 4.98 Å². The molecule has 2 heterocycles. The number of aromatic nitrogens is 1. The molecule has 1 aromatic rings. The summed E-state index contributed by atoms with van der Waals surface area (Å²) in [4.78, 5) is 17.3. The van der Waals surface area contributed by atoms with E-state index in [1.165, 1.54) is 4.88 Å². The largest absolute Gasteiger partial charge is 0.365 e. The lowest BCUT2D eigenvalue weighted by Gasteiger charge is -2.09. The predicted molar refractivity (Wildman–Crippen MR) is 68.3 cm³/mol. The Labute approximate surface area is 105 Å². The summed E-state index contributed by atoms with van der Waals surface area (Å²) in [5.41, 5.74) is 0. The van der Waals surface area contributed by atoms with Crippen molar-refractivity contribution < 1.29 is 9.53 Å².